The quantitative estimate of drug-likeness (QED) is 0.210. The largest absolute Gasteiger partial charge is 0.489 e. The number of piperidine rings is 1. The van der Waals surface area contributed by atoms with Crippen molar-refractivity contribution in [3.63, 3.8) is 0 Å². The Balaban J connectivity index is 1.16. The van der Waals surface area contributed by atoms with Gasteiger partial charge in [-0.25, -0.2) is 0 Å². The predicted molar refractivity (Wildman–Crippen MR) is 170 cm³/mol. The number of amides is 2. The Labute approximate surface area is 256 Å². The zero-order chi connectivity index (χ0) is 30.1. The Morgan fingerprint density at radius 3 is 2.49 bits per heavy atom. The molecule has 7 nitrogen and oxygen atoms in total. The second-order valence-corrected chi connectivity index (χ2v) is 12.4. The highest BCUT2D eigenvalue weighted by atomic mass is 32.2. The van der Waals surface area contributed by atoms with Gasteiger partial charge in [-0.05, 0) is 99.3 Å². The van der Waals surface area contributed by atoms with Crippen LogP contribution in [-0.2, 0) is 17.9 Å². The monoisotopic (exact) mass is 596 g/mol. The Hall–Kier alpha value is -4.01. The van der Waals surface area contributed by atoms with Crippen molar-refractivity contribution in [2.45, 2.75) is 59.8 Å². The van der Waals surface area contributed by atoms with Gasteiger partial charge in [0.05, 0.1) is 4.91 Å². The topological polar surface area (TPSA) is 81.0 Å². The van der Waals surface area contributed by atoms with Crippen molar-refractivity contribution in [3.8, 4) is 11.5 Å². The molecule has 43 heavy (non-hydrogen) atoms. The summed E-state index contributed by atoms with van der Waals surface area (Å²) in [6.07, 6.45) is 3.83. The smallest absolute Gasteiger partial charge is 0.290 e. The average Bonchev–Trinajstić information content (AvgIpc) is 3.50. The molecule has 3 heterocycles. The fraction of sp³-hybridized carbons (Fsp3) is 0.314. The molecule has 222 valence electrons. The Kier molecular flexibility index (Phi) is 8.32. The number of hydrogen-bond donors (Lipinski definition) is 1. The normalized spacial score (nSPS) is 18.4. The first kappa shape index (κ1) is 29.1. The molecular weight excluding hydrogens is 560 g/mol. The first-order valence-electron chi connectivity index (χ1n) is 14.7. The van der Waals surface area contributed by atoms with Crippen molar-refractivity contribution in [2.24, 2.45) is 0 Å². The van der Waals surface area contributed by atoms with Crippen LogP contribution < -0.4 is 14.8 Å². The van der Waals surface area contributed by atoms with E-state index in [9.17, 15) is 9.59 Å². The standard InChI is InChI=1S/C35H36N2O5S/c1-21-22(2)33-31(23(3)32(21)40-20-26-9-6-5-7-10-26)29(24(4)41-33)19-37-16-8-11-28(18-37)42-27-14-12-25(13-15-27)17-30-34(38)36-35(39)43-30/h5-7,9-10,12-15,17,28H,8,11,16,18-20H2,1-4H3,(H,36,38,39)/b30-17-/t28-/m1/s1. The van der Waals surface area contributed by atoms with Gasteiger partial charge in [-0.3, -0.25) is 19.8 Å². The summed E-state index contributed by atoms with van der Waals surface area (Å²) < 4.78 is 19.2. The van der Waals surface area contributed by atoms with E-state index >= 15 is 0 Å². The van der Waals surface area contributed by atoms with Crippen LogP contribution >= 0.6 is 11.8 Å². The minimum atomic E-state index is -0.352. The van der Waals surface area contributed by atoms with Crippen molar-refractivity contribution < 1.29 is 23.5 Å². The summed E-state index contributed by atoms with van der Waals surface area (Å²) in [5.74, 6) is 2.33. The number of nitrogens with one attached hydrogen (secondary N) is 1. The third-order valence-corrected chi connectivity index (χ3v) is 9.17. The van der Waals surface area contributed by atoms with Crippen molar-refractivity contribution in [1.82, 2.24) is 10.2 Å². The fourth-order valence-electron chi connectivity index (χ4n) is 6.00. The summed E-state index contributed by atoms with van der Waals surface area (Å²) in [6, 6.07) is 17.9. The first-order chi connectivity index (χ1) is 20.8. The number of carbonyl (C=O) groups excluding carboxylic acids is 2. The maximum absolute atomic E-state index is 11.8. The molecule has 0 radical (unpaired) electrons. The summed E-state index contributed by atoms with van der Waals surface area (Å²) >= 11 is 0.920. The molecule has 0 unspecified atom stereocenters. The highest BCUT2D eigenvalue weighted by molar-refractivity contribution is 8.18. The van der Waals surface area contributed by atoms with Crippen LogP contribution in [-0.4, -0.2) is 35.2 Å². The van der Waals surface area contributed by atoms with Gasteiger partial charge in [-0.1, -0.05) is 42.5 Å². The summed E-state index contributed by atoms with van der Waals surface area (Å²) in [5, 5.41) is 3.10. The maximum atomic E-state index is 11.8. The third kappa shape index (κ3) is 6.21. The van der Waals surface area contributed by atoms with E-state index in [1.54, 1.807) is 6.08 Å². The lowest BCUT2D eigenvalue weighted by Crippen LogP contribution is -2.40. The van der Waals surface area contributed by atoms with Gasteiger partial charge in [-0.15, -0.1) is 0 Å². The molecule has 1 aromatic heterocycles. The molecule has 1 atom stereocenters. The summed E-state index contributed by atoms with van der Waals surface area (Å²) in [5.41, 5.74) is 7.52. The minimum Gasteiger partial charge on any atom is -0.489 e. The number of rotatable bonds is 8. The molecule has 6 rings (SSSR count). The van der Waals surface area contributed by atoms with Gasteiger partial charge >= 0.3 is 0 Å². The fourth-order valence-corrected chi connectivity index (χ4v) is 6.68. The zero-order valence-electron chi connectivity index (χ0n) is 25.0. The lowest BCUT2D eigenvalue weighted by atomic mass is 9.97. The number of likely N-dealkylation sites (tertiary alicyclic amines) is 1. The van der Waals surface area contributed by atoms with E-state index in [4.69, 9.17) is 13.9 Å². The zero-order valence-corrected chi connectivity index (χ0v) is 25.8. The van der Waals surface area contributed by atoms with Crippen LogP contribution in [0, 0.1) is 27.7 Å². The van der Waals surface area contributed by atoms with Crippen LogP contribution in [0.15, 0.2) is 63.9 Å². The lowest BCUT2D eigenvalue weighted by molar-refractivity contribution is -0.115. The highest BCUT2D eigenvalue weighted by Crippen LogP contribution is 2.40. The Morgan fingerprint density at radius 2 is 1.77 bits per heavy atom. The molecule has 2 fully saturated rings. The molecule has 0 saturated carbocycles. The van der Waals surface area contributed by atoms with Crippen molar-refractivity contribution in [3.05, 3.63) is 98.6 Å². The van der Waals surface area contributed by atoms with E-state index in [0.29, 0.717) is 11.5 Å². The van der Waals surface area contributed by atoms with Crippen LogP contribution in [0.25, 0.3) is 17.0 Å². The number of hydrogen-bond acceptors (Lipinski definition) is 7. The average molecular weight is 597 g/mol. The molecule has 0 bridgehead atoms. The van der Waals surface area contributed by atoms with E-state index in [2.05, 4.69) is 50.0 Å². The van der Waals surface area contributed by atoms with Crippen LogP contribution in [0.1, 0.15) is 52.0 Å². The highest BCUT2D eigenvalue weighted by Gasteiger charge is 2.27. The summed E-state index contributed by atoms with van der Waals surface area (Å²) in [4.78, 5) is 26.1. The molecule has 2 aliphatic heterocycles. The van der Waals surface area contributed by atoms with Gasteiger partial charge in [0.2, 0.25) is 0 Å². The van der Waals surface area contributed by atoms with Gasteiger partial charge in [0.15, 0.2) is 0 Å². The Bertz CT molecular complexity index is 1710. The van der Waals surface area contributed by atoms with Crippen molar-refractivity contribution in [1.29, 1.82) is 0 Å². The number of aryl methyl sites for hydroxylation is 3. The molecule has 2 saturated heterocycles. The minimum absolute atomic E-state index is 0.0695. The number of thioether (sulfide) groups is 1. The molecule has 0 spiro atoms. The number of ether oxygens (including phenoxy) is 2. The summed E-state index contributed by atoms with van der Waals surface area (Å²) in [7, 11) is 0. The number of nitrogens with zero attached hydrogens (tertiary/aromatic N) is 1. The van der Waals surface area contributed by atoms with Crippen LogP contribution in [0.4, 0.5) is 4.79 Å². The van der Waals surface area contributed by atoms with Crippen molar-refractivity contribution in [2.75, 3.05) is 13.1 Å². The molecule has 3 aromatic carbocycles. The number of imide groups is 1. The molecule has 2 aliphatic rings. The predicted octanol–water partition coefficient (Wildman–Crippen LogP) is 7.61. The molecule has 4 aromatic rings. The first-order valence-corrected chi connectivity index (χ1v) is 15.5. The molecule has 8 heteroatoms. The SMILES string of the molecule is Cc1oc2c(C)c(C)c(OCc3ccccc3)c(C)c2c1CN1CCC[C@@H](Oc2ccc(/C=C3\SC(=O)NC3=O)cc2)C1. The maximum Gasteiger partial charge on any atom is 0.290 e. The van der Waals surface area contributed by atoms with E-state index in [0.717, 1.165) is 100 Å². The number of furan rings is 1. The summed E-state index contributed by atoms with van der Waals surface area (Å²) in [6.45, 7) is 11.6. The van der Waals surface area contributed by atoms with Crippen molar-refractivity contribution >= 4 is 40.0 Å². The molecule has 1 N–H and O–H groups in total. The number of benzene rings is 3. The van der Waals surface area contributed by atoms with Gasteiger partial charge in [0, 0.05) is 29.6 Å². The van der Waals surface area contributed by atoms with E-state index < -0.39 is 0 Å². The van der Waals surface area contributed by atoms with Crippen LogP contribution in [0.2, 0.25) is 0 Å². The second-order valence-electron chi connectivity index (χ2n) is 11.4. The lowest BCUT2D eigenvalue weighted by Gasteiger charge is -2.33. The van der Waals surface area contributed by atoms with Gasteiger partial charge in [0.25, 0.3) is 11.1 Å². The molecule has 0 aliphatic carbocycles. The number of fused-ring (bicyclic) bond motifs is 1. The Morgan fingerprint density at radius 1 is 1.00 bits per heavy atom. The van der Waals surface area contributed by atoms with E-state index in [-0.39, 0.29) is 17.3 Å². The van der Waals surface area contributed by atoms with Gasteiger partial charge < -0.3 is 13.9 Å². The van der Waals surface area contributed by atoms with E-state index in [1.165, 1.54) is 5.56 Å². The van der Waals surface area contributed by atoms with Gasteiger partial charge in [-0.2, -0.15) is 0 Å². The number of carbonyl (C=O) groups is 2. The third-order valence-electron chi connectivity index (χ3n) is 8.36. The second kappa shape index (κ2) is 12.3. The van der Waals surface area contributed by atoms with Gasteiger partial charge in [0.1, 0.15) is 35.6 Å². The van der Waals surface area contributed by atoms with Crippen LogP contribution in [0.3, 0.4) is 0 Å². The van der Waals surface area contributed by atoms with Crippen LogP contribution in [0.5, 0.6) is 11.5 Å². The molecule has 2 amide bonds. The molecular formula is C35H36N2O5S. The van der Waals surface area contributed by atoms with E-state index in [1.807, 2.05) is 42.5 Å².